The van der Waals surface area contributed by atoms with E-state index < -0.39 is 0 Å². The summed E-state index contributed by atoms with van der Waals surface area (Å²) in [4.78, 5) is 32.1. The largest absolute Gasteiger partial charge is 0.353 e. The van der Waals surface area contributed by atoms with Crippen LogP contribution in [-0.2, 0) is 16.0 Å². The normalized spacial score (nSPS) is 18.2. The molecule has 2 heterocycles. The molecule has 4 rings (SSSR count). The molecule has 1 aliphatic carbocycles. The molecule has 5 nitrogen and oxygen atoms in total. The fourth-order valence-corrected chi connectivity index (χ4v) is 5.29. The molecule has 2 aliphatic rings. The highest BCUT2D eigenvalue weighted by Gasteiger charge is 2.33. The van der Waals surface area contributed by atoms with Crippen LogP contribution in [0, 0.1) is 5.92 Å². The van der Waals surface area contributed by atoms with Gasteiger partial charge in [-0.3, -0.25) is 14.6 Å². The summed E-state index contributed by atoms with van der Waals surface area (Å²) in [5.74, 6) is 0.739. The predicted octanol–water partition coefficient (Wildman–Crippen LogP) is 4.91. The highest BCUT2D eigenvalue weighted by molar-refractivity contribution is 5.85. The summed E-state index contributed by atoms with van der Waals surface area (Å²) in [6, 6.07) is 14.4. The molecule has 1 saturated heterocycles. The third-order valence-corrected chi connectivity index (χ3v) is 7.11. The molecule has 1 atom stereocenters. The quantitative estimate of drug-likeness (QED) is 0.626. The van der Waals surface area contributed by atoms with Crippen molar-refractivity contribution in [2.75, 3.05) is 13.1 Å². The number of carbonyl (C=O) groups excluding carboxylic acids is 2. The standard InChI is InChI=1S/C27H35N3O2.ClH/c31-25(14-13-21-8-7-17-28-20-21)30-18-15-24(16-19-30)29-27(32)26(22-9-3-1-4-10-22)23-11-5-2-6-12-23;/h1,3-4,7-10,17,20,23-24,26H,2,5-6,11-16,18-19H2,(H,29,32);1H. The van der Waals surface area contributed by atoms with Gasteiger partial charge in [-0.25, -0.2) is 0 Å². The first-order valence-corrected chi connectivity index (χ1v) is 12.2. The second-order valence-corrected chi connectivity index (χ2v) is 9.31. The van der Waals surface area contributed by atoms with Gasteiger partial charge in [-0.05, 0) is 55.2 Å². The number of halogens is 1. The zero-order chi connectivity index (χ0) is 22.2. The molecule has 0 spiro atoms. The minimum Gasteiger partial charge on any atom is -0.353 e. The minimum absolute atomic E-state index is 0. The average Bonchev–Trinajstić information content (AvgIpc) is 2.85. The van der Waals surface area contributed by atoms with Gasteiger partial charge in [0.05, 0.1) is 5.92 Å². The van der Waals surface area contributed by atoms with E-state index in [2.05, 4.69) is 22.4 Å². The number of nitrogens with zero attached hydrogens (tertiary/aromatic N) is 2. The maximum atomic E-state index is 13.4. The zero-order valence-corrected chi connectivity index (χ0v) is 20.1. The molecule has 6 heteroatoms. The molecule has 2 aromatic rings. The van der Waals surface area contributed by atoms with Gasteiger partial charge in [-0.2, -0.15) is 0 Å². The lowest BCUT2D eigenvalue weighted by molar-refractivity contribution is -0.132. The second-order valence-electron chi connectivity index (χ2n) is 9.31. The van der Waals surface area contributed by atoms with Crippen LogP contribution < -0.4 is 5.32 Å². The van der Waals surface area contributed by atoms with Crippen LogP contribution in [0.3, 0.4) is 0 Å². The van der Waals surface area contributed by atoms with E-state index in [-0.39, 0.29) is 36.2 Å². The van der Waals surface area contributed by atoms with Gasteiger partial charge in [0, 0.05) is 37.9 Å². The Kier molecular flexibility index (Phi) is 9.74. The highest BCUT2D eigenvalue weighted by atomic mass is 35.5. The lowest BCUT2D eigenvalue weighted by atomic mass is 9.76. The molecule has 2 amide bonds. The van der Waals surface area contributed by atoms with Crippen LogP contribution in [0.1, 0.15) is 68.4 Å². The number of nitrogens with one attached hydrogen (secondary N) is 1. The number of hydrogen-bond donors (Lipinski definition) is 1. The van der Waals surface area contributed by atoms with Gasteiger partial charge in [0.25, 0.3) is 0 Å². The molecule has 1 saturated carbocycles. The summed E-state index contributed by atoms with van der Waals surface area (Å²) >= 11 is 0. The van der Waals surface area contributed by atoms with Gasteiger partial charge in [-0.1, -0.05) is 55.7 Å². The van der Waals surface area contributed by atoms with Gasteiger partial charge in [0.15, 0.2) is 0 Å². The number of aromatic nitrogens is 1. The first-order chi connectivity index (χ1) is 15.7. The molecule has 1 aromatic heterocycles. The summed E-state index contributed by atoms with van der Waals surface area (Å²) in [6.07, 6.45) is 12.5. The Bertz CT molecular complexity index is 863. The third kappa shape index (κ3) is 7.04. The van der Waals surface area contributed by atoms with Crippen molar-refractivity contribution in [2.45, 2.75) is 69.7 Å². The maximum Gasteiger partial charge on any atom is 0.228 e. The van der Waals surface area contributed by atoms with Crippen LogP contribution in [0.5, 0.6) is 0 Å². The summed E-state index contributed by atoms with van der Waals surface area (Å²) in [5.41, 5.74) is 2.23. The van der Waals surface area contributed by atoms with E-state index in [0.717, 1.165) is 56.3 Å². The van der Waals surface area contributed by atoms with E-state index in [1.54, 1.807) is 6.20 Å². The Morgan fingerprint density at radius 1 is 0.970 bits per heavy atom. The minimum atomic E-state index is -0.0596. The van der Waals surface area contributed by atoms with E-state index in [1.165, 1.54) is 19.3 Å². The maximum absolute atomic E-state index is 13.4. The lowest BCUT2D eigenvalue weighted by Crippen LogP contribution is -2.48. The van der Waals surface area contributed by atoms with Crippen molar-refractivity contribution in [2.24, 2.45) is 5.92 Å². The average molecular weight is 470 g/mol. The fraction of sp³-hybridized carbons (Fsp3) is 0.519. The lowest BCUT2D eigenvalue weighted by Gasteiger charge is -2.35. The molecule has 1 N–H and O–H groups in total. The zero-order valence-electron chi connectivity index (χ0n) is 19.3. The van der Waals surface area contributed by atoms with Crippen molar-refractivity contribution in [3.63, 3.8) is 0 Å². The highest BCUT2D eigenvalue weighted by Crippen LogP contribution is 2.36. The molecule has 0 radical (unpaired) electrons. The first kappa shape index (κ1) is 25.2. The van der Waals surface area contributed by atoms with Crippen molar-refractivity contribution in [3.05, 3.63) is 66.0 Å². The van der Waals surface area contributed by atoms with Crippen LogP contribution in [0.2, 0.25) is 0 Å². The van der Waals surface area contributed by atoms with Crippen LogP contribution in [0.25, 0.3) is 0 Å². The molecule has 33 heavy (non-hydrogen) atoms. The Morgan fingerprint density at radius 3 is 2.36 bits per heavy atom. The van der Waals surface area contributed by atoms with E-state index >= 15 is 0 Å². The first-order valence-electron chi connectivity index (χ1n) is 12.2. The number of pyridine rings is 1. The molecular weight excluding hydrogens is 434 g/mol. The van der Waals surface area contributed by atoms with Gasteiger partial charge < -0.3 is 10.2 Å². The van der Waals surface area contributed by atoms with Crippen LogP contribution in [0.4, 0.5) is 0 Å². The number of aryl methyl sites for hydroxylation is 1. The summed E-state index contributed by atoms with van der Waals surface area (Å²) in [7, 11) is 0. The smallest absolute Gasteiger partial charge is 0.228 e. The molecule has 1 aliphatic heterocycles. The van der Waals surface area contributed by atoms with Crippen molar-refractivity contribution in [1.29, 1.82) is 0 Å². The number of carbonyl (C=O) groups is 2. The number of likely N-dealkylation sites (tertiary alicyclic amines) is 1. The molecule has 178 valence electrons. The van der Waals surface area contributed by atoms with Crippen LogP contribution >= 0.6 is 12.4 Å². The predicted molar refractivity (Wildman–Crippen MR) is 133 cm³/mol. The third-order valence-electron chi connectivity index (χ3n) is 7.11. The van der Waals surface area contributed by atoms with Gasteiger partial charge in [0.2, 0.25) is 11.8 Å². The number of amides is 2. The SMILES string of the molecule is Cl.O=C(NC1CCN(C(=O)CCc2cccnc2)CC1)C(c1ccccc1)C1CCCCC1. The molecular formula is C27H36ClN3O2. The number of piperidine rings is 1. The topological polar surface area (TPSA) is 62.3 Å². The van der Waals surface area contributed by atoms with Crippen molar-refractivity contribution in [3.8, 4) is 0 Å². The van der Waals surface area contributed by atoms with Crippen molar-refractivity contribution in [1.82, 2.24) is 15.2 Å². The van der Waals surface area contributed by atoms with E-state index in [4.69, 9.17) is 0 Å². The number of hydrogen-bond acceptors (Lipinski definition) is 3. The fourth-order valence-electron chi connectivity index (χ4n) is 5.29. The van der Waals surface area contributed by atoms with Crippen molar-refractivity contribution < 1.29 is 9.59 Å². The van der Waals surface area contributed by atoms with Gasteiger partial charge in [0.1, 0.15) is 0 Å². The van der Waals surface area contributed by atoms with Crippen molar-refractivity contribution >= 4 is 24.2 Å². The van der Waals surface area contributed by atoms with E-state index in [0.29, 0.717) is 12.3 Å². The van der Waals surface area contributed by atoms with E-state index in [1.807, 2.05) is 41.4 Å². The van der Waals surface area contributed by atoms with Gasteiger partial charge >= 0.3 is 0 Å². The summed E-state index contributed by atoms with van der Waals surface area (Å²) < 4.78 is 0. The number of rotatable bonds is 7. The molecule has 2 fully saturated rings. The van der Waals surface area contributed by atoms with Crippen LogP contribution in [-0.4, -0.2) is 40.8 Å². The Balaban J connectivity index is 0.00000306. The number of benzene rings is 1. The molecule has 1 unspecified atom stereocenters. The van der Waals surface area contributed by atoms with E-state index in [9.17, 15) is 9.59 Å². The molecule has 0 bridgehead atoms. The Morgan fingerprint density at radius 2 is 1.70 bits per heavy atom. The Hall–Kier alpha value is -2.40. The van der Waals surface area contributed by atoms with Crippen LogP contribution in [0.15, 0.2) is 54.9 Å². The Labute approximate surface area is 203 Å². The van der Waals surface area contributed by atoms with Gasteiger partial charge in [-0.15, -0.1) is 12.4 Å². The molecule has 1 aromatic carbocycles. The summed E-state index contributed by atoms with van der Waals surface area (Å²) in [5, 5.41) is 3.35. The monoisotopic (exact) mass is 469 g/mol. The summed E-state index contributed by atoms with van der Waals surface area (Å²) in [6.45, 7) is 1.44. The second kappa shape index (κ2) is 12.7.